The summed E-state index contributed by atoms with van der Waals surface area (Å²) in [5.41, 5.74) is 1.31. The monoisotopic (exact) mass is 407 g/mol. The minimum Gasteiger partial charge on any atom is -0.464 e. The highest BCUT2D eigenvalue weighted by molar-refractivity contribution is 9.10. The Morgan fingerprint density at radius 1 is 1.24 bits per heavy atom. The summed E-state index contributed by atoms with van der Waals surface area (Å²) in [5, 5.41) is 0.998. The number of imide groups is 1. The van der Waals surface area contributed by atoms with E-state index in [1.807, 2.05) is 0 Å². The summed E-state index contributed by atoms with van der Waals surface area (Å²) in [6.45, 7) is 1.24. The smallest absolute Gasteiger partial charge is 0.355 e. The predicted octanol–water partition coefficient (Wildman–Crippen LogP) is 0.875. The molecule has 2 aliphatic heterocycles. The van der Waals surface area contributed by atoms with Gasteiger partial charge >= 0.3 is 5.97 Å². The molecule has 1 aromatic rings. The third-order valence-electron chi connectivity index (χ3n) is 4.06. The van der Waals surface area contributed by atoms with Crippen LogP contribution in [0.4, 0.5) is 5.69 Å². The van der Waals surface area contributed by atoms with Crippen molar-refractivity contribution in [2.45, 2.75) is 18.9 Å². The van der Waals surface area contributed by atoms with Crippen LogP contribution in [0.2, 0.25) is 0 Å². The summed E-state index contributed by atoms with van der Waals surface area (Å²) in [6, 6.07) is 6.63. The molecule has 1 fully saturated rings. The molecule has 9 heteroatoms. The average Bonchev–Trinajstić information content (AvgIpc) is 3.07. The van der Waals surface area contributed by atoms with Crippen LogP contribution < -0.4 is 10.3 Å². The number of rotatable bonds is 2. The van der Waals surface area contributed by atoms with Crippen LogP contribution in [0, 0.1) is 0 Å². The van der Waals surface area contributed by atoms with Gasteiger partial charge in [-0.05, 0) is 30.3 Å². The summed E-state index contributed by atoms with van der Waals surface area (Å²) in [6.07, 6.45) is 1.01. The lowest BCUT2D eigenvalue weighted by molar-refractivity contribution is -0.143. The van der Waals surface area contributed by atoms with Gasteiger partial charge in [0.15, 0.2) is 5.54 Å². The van der Waals surface area contributed by atoms with Gasteiger partial charge in [0.2, 0.25) is 11.8 Å². The lowest BCUT2D eigenvalue weighted by Gasteiger charge is -2.30. The minimum absolute atomic E-state index is 0.0588. The number of hydrogen-bond acceptors (Lipinski definition) is 6. The Bertz CT molecular complexity index is 820. The highest BCUT2D eigenvalue weighted by Gasteiger charge is 2.59. The second-order valence-corrected chi connectivity index (χ2v) is 6.54. The first-order valence-electron chi connectivity index (χ1n) is 7.32. The number of halogens is 1. The van der Waals surface area contributed by atoms with Crippen molar-refractivity contribution in [1.82, 2.24) is 10.4 Å². The van der Waals surface area contributed by atoms with Crippen molar-refractivity contribution in [3.63, 3.8) is 0 Å². The minimum atomic E-state index is -1.58. The number of hydrazine groups is 1. The molecule has 8 nitrogen and oxygen atoms in total. The maximum atomic E-state index is 13.1. The van der Waals surface area contributed by atoms with Gasteiger partial charge in [-0.1, -0.05) is 15.9 Å². The van der Waals surface area contributed by atoms with Crippen LogP contribution in [0.5, 0.6) is 0 Å². The largest absolute Gasteiger partial charge is 0.464 e. The molecule has 2 aliphatic rings. The molecule has 1 atom stereocenters. The fraction of sp³-hybridized carbons (Fsp3) is 0.250. The first-order valence-corrected chi connectivity index (χ1v) is 8.11. The number of carbonyl (C=O) groups is 4. The van der Waals surface area contributed by atoms with E-state index in [9.17, 15) is 19.2 Å². The van der Waals surface area contributed by atoms with Crippen LogP contribution >= 0.6 is 15.9 Å². The first-order chi connectivity index (χ1) is 11.8. The SMILES string of the molecule is COC(=O)C1=C[C@@]2(CC(=O)N(c3ccc(Br)cc3)C2=O)N(C(C)=O)N1. The predicted molar refractivity (Wildman–Crippen MR) is 89.7 cm³/mol. The van der Waals surface area contributed by atoms with Crippen LogP contribution in [0.3, 0.4) is 0 Å². The van der Waals surface area contributed by atoms with Gasteiger partial charge in [-0.15, -0.1) is 0 Å². The van der Waals surface area contributed by atoms with Crippen LogP contribution in [0.25, 0.3) is 0 Å². The van der Waals surface area contributed by atoms with E-state index in [2.05, 4.69) is 26.1 Å². The summed E-state index contributed by atoms with van der Waals surface area (Å²) in [5.74, 6) is -2.32. The number of benzene rings is 1. The van der Waals surface area contributed by atoms with E-state index in [1.54, 1.807) is 24.3 Å². The quantitative estimate of drug-likeness (QED) is 0.577. The van der Waals surface area contributed by atoms with Crippen LogP contribution in [-0.2, 0) is 23.9 Å². The van der Waals surface area contributed by atoms with Crippen molar-refractivity contribution in [1.29, 1.82) is 0 Å². The van der Waals surface area contributed by atoms with Crippen LogP contribution in [0.1, 0.15) is 13.3 Å². The van der Waals surface area contributed by atoms with Crippen molar-refractivity contribution in [2.75, 3.05) is 12.0 Å². The fourth-order valence-corrected chi connectivity index (χ4v) is 3.23. The zero-order chi connectivity index (χ0) is 18.4. The molecule has 0 unspecified atom stereocenters. The second-order valence-electron chi connectivity index (χ2n) is 5.63. The summed E-state index contributed by atoms with van der Waals surface area (Å²) < 4.78 is 5.43. The molecule has 1 spiro atoms. The van der Waals surface area contributed by atoms with Crippen molar-refractivity contribution in [3.8, 4) is 0 Å². The third-order valence-corrected chi connectivity index (χ3v) is 4.59. The van der Waals surface area contributed by atoms with Gasteiger partial charge in [0.05, 0.1) is 19.2 Å². The average molecular weight is 408 g/mol. The number of anilines is 1. The van der Waals surface area contributed by atoms with Gasteiger partial charge in [0.1, 0.15) is 5.70 Å². The molecule has 0 aromatic heterocycles. The van der Waals surface area contributed by atoms with Gasteiger partial charge in [0.25, 0.3) is 5.91 Å². The fourth-order valence-electron chi connectivity index (χ4n) is 2.96. The molecular weight excluding hydrogens is 394 g/mol. The Morgan fingerprint density at radius 3 is 2.44 bits per heavy atom. The maximum absolute atomic E-state index is 13.1. The molecule has 0 radical (unpaired) electrons. The van der Waals surface area contributed by atoms with E-state index in [4.69, 9.17) is 0 Å². The zero-order valence-corrected chi connectivity index (χ0v) is 15.0. The standard InChI is InChI=1S/C16H14BrN3O5/c1-9(21)20-16(7-12(18-20)14(23)25-2)8-13(22)19(15(16)24)11-5-3-10(17)4-6-11/h3-7,18H,8H2,1-2H3/t16-/m0/s1. The number of hydrogen-bond donors (Lipinski definition) is 1. The van der Waals surface area contributed by atoms with Crippen LogP contribution in [0.15, 0.2) is 40.5 Å². The molecule has 1 N–H and O–H groups in total. The lowest BCUT2D eigenvalue weighted by Crippen LogP contribution is -2.56. The summed E-state index contributed by atoms with van der Waals surface area (Å²) >= 11 is 3.29. The molecule has 0 bridgehead atoms. The van der Waals surface area contributed by atoms with E-state index in [1.165, 1.54) is 20.1 Å². The zero-order valence-electron chi connectivity index (χ0n) is 13.4. The maximum Gasteiger partial charge on any atom is 0.355 e. The van der Waals surface area contributed by atoms with E-state index < -0.39 is 29.2 Å². The Morgan fingerprint density at radius 2 is 1.88 bits per heavy atom. The molecule has 2 heterocycles. The number of nitrogens with zero attached hydrogens (tertiary/aromatic N) is 2. The highest BCUT2D eigenvalue weighted by atomic mass is 79.9. The molecule has 0 aliphatic carbocycles. The third kappa shape index (κ3) is 2.60. The van der Waals surface area contributed by atoms with E-state index in [0.717, 1.165) is 14.4 Å². The van der Waals surface area contributed by atoms with Crippen molar-refractivity contribution < 1.29 is 23.9 Å². The Labute approximate surface area is 151 Å². The van der Waals surface area contributed by atoms with E-state index in [0.29, 0.717) is 5.69 Å². The molecule has 3 rings (SSSR count). The molecular formula is C16H14BrN3O5. The van der Waals surface area contributed by atoms with Gasteiger partial charge in [-0.25, -0.2) is 14.7 Å². The van der Waals surface area contributed by atoms with Gasteiger partial charge < -0.3 is 4.74 Å². The molecule has 130 valence electrons. The summed E-state index contributed by atoms with van der Waals surface area (Å²) in [7, 11) is 1.18. The molecule has 1 saturated heterocycles. The number of esters is 1. The number of nitrogens with one attached hydrogen (secondary N) is 1. The normalized spacial score (nSPS) is 22.3. The number of methoxy groups -OCH3 is 1. The molecule has 1 aromatic carbocycles. The Kier molecular flexibility index (Phi) is 4.11. The molecule has 25 heavy (non-hydrogen) atoms. The highest BCUT2D eigenvalue weighted by Crippen LogP contribution is 2.38. The topological polar surface area (TPSA) is 96.0 Å². The van der Waals surface area contributed by atoms with Crippen molar-refractivity contribution in [2.24, 2.45) is 0 Å². The number of ether oxygens (including phenoxy) is 1. The van der Waals surface area contributed by atoms with E-state index in [-0.39, 0.29) is 12.1 Å². The first kappa shape index (κ1) is 17.2. The van der Waals surface area contributed by atoms with Gasteiger partial charge in [0, 0.05) is 11.4 Å². The number of amides is 3. The van der Waals surface area contributed by atoms with E-state index >= 15 is 0 Å². The lowest BCUT2D eigenvalue weighted by atomic mass is 9.96. The van der Waals surface area contributed by atoms with Crippen molar-refractivity contribution >= 4 is 45.3 Å². The van der Waals surface area contributed by atoms with Gasteiger partial charge in [-0.2, -0.15) is 0 Å². The summed E-state index contributed by atoms with van der Waals surface area (Å²) in [4.78, 5) is 50.4. The molecule has 0 saturated carbocycles. The number of carbonyl (C=O) groups excluding carboxylic acids is 4. The second kappa shape index (κ2) is 5.99. The molecule has 3 amide bonds. The van der Waals surface area contributed by atoms with Crippen molar-refractivity contribution in [3.05, 3.63) is 40.5 Å². The Hall–Kier alpha value is -2.68. The van der Waals surface area contributed by atoms with Gasteiger partial charge in [-0.3, -0.25) is 19.8 Å². The Balaban J connectivity index is 2.05. The van der Waals surface area contributed by atoms with Crippen LogP contribution in [-0.4, -0.2) is 41.3 Å².